The number of methoxy groups -OCH3 is 1. The summed E-state index contributed by atoms with van der Waals surface area (Å²) >= 11 is 0. The second-order valence-corrected chi connectivity index (χ2v) is 6.87. The van der Waals surface area contributed by atoms with E-state index >= 15 is 0 Å². The van der Waals surface area contributed by atoms with Crippen LogP contribution in [0.15, 0.2) is 18.2 Å². The van der Waals surface area contributed by atoms with Crippen molar-refractivity contribution in [1.82, 2.24) is 10.2 Å². The molecule has 0 radical (unpaired) electrons. The molecule has 2 amide bonds. The number of carbonyl (C=O) groups is 3. The highest BCUT2D eigenvalue weighted by Gasteiger charge is 2.68. The average molecular weight is 346 g/mol. The molecule has 3 aliphatic rings. The van der Waals surface area contributed by atoms with Crippen molar-refractivity contribution in [3.05, 3.63) is 29.3 Å². The molecule has 8 nitrogen and oxygen atoms in total. The fourth-order valence-electron chi connectivity index (χ4n) is 3.95. The number of aromatic hydroxyl groups is 1. The first kappa shape index (κ1) is 15.7. The standard InChI is InChI=1S/C17H18N2O6/c1-24-14(22)11-5-10(6-12(20)7-11)13(21)19-8-17(9-19)16(3-2-4-16)18-15(23)25-17/h5-7,20H,2-4,8-9H2,1H3,(H,18,23). The first-order valence-corrected chi connectivity index (χ1v) is 8.11. The highest BCUT2D eigenvalue weighted by Crippen LogP contribution is 2.50. The Balaban J connectivity index is 1.53. The molecule has 2 N–H and O–H groups in total. The van der Waals surface area contributed by atoms with Gasteiger partial charge in [0.15, 0.2) is 5.60 Å². The average Bonchev–Trinajstić information content (AvgIpc) is 2.85. The van der Waals surface area contributed by atoms with Crippen LogP contribution in [0.25, 0.3) is 0 Å². The van der Waals surface area contributed by atoms with Crippen molar-refractivity contribution in [3.63, 3.8) is 0 Å². The van der Waals surface area contributed by atoms with E-state index < -0.39 is 17.7 Å². The van der Waals surface area contributed by atoms with E-state index in [1.165, 1.54) is 25.3 Å². The second kappa shape index (κ2) is 5.11. The number of phenols is 1. The number of rotatable bonds is 2. The van der Waals surface area contributed by atoms with Crippen molar-refractivity contribution in [2.75, 3.05) is 20.2 Å². The summed E-state index contributed by atoms with van der Waals surface area (Å²) in [4.78, 5) is 37.6. The van der Waals surface area contributed by atoms with Gasteiger partial charge in [0.25, 0.3) is 5.91 Å². The highest BCUT2D eigenvalue weighted by atomic mass is 16.6. The molecule has 132 valence electrons. The number of ether oxygens (including phenoxy) is 2. The number of esters is 1. The molecule has 25 heavy (non-hydrogen) atoms. The van der Waals surface area contributed by atoms with E-state index in [0.717, 1.165) is 19.3 Å². The van der Waals surface area contributed by atoms with Gasteiger partial charge >= 0.3 is 12.1 Å². The molecule has 2 heterocycles. The maximum absolute atomic E-state index is 12.7. The molecule has 2 aliphatic heterocycles. The number of amides is 2. The first-order valence-electron chi connectivity index (χ1n) is 8.11. The van der Waals surface area contributed by atoms with Crippen LogP contribution in [0.1, 0.15) is 40.0 Å². The Bertz CT molecular complexity index is 779. The maximum atomic E-state index is 12.7. The molecular weight excluding hydrogens is 328 g/mol. The molecule has 0 aromatic heterocycles. The third kappa shape index (κ3) is 2.16. The van der Waals surface area contributed by atoms with Gasteiger partial charge < -0.3 is 24.8 Å². The van der Waals surface area contributed by atoms with Gasteiger partial charge in [0.05, 0.1) is 31.3 Å². The van der Waals surface area contributed by atoms with Crippen molar-refractivity contribution < 1.29 is 29.0 Å². The van der Waals surface area contributed by atoms with Gasteiger partial charge in [0.1, 0.15) is 5.75 Å². The van der Waals surface area contributed by atoms with Gasteiger partial charge in [-0.05, 0) is 37.5 Å². The molecular formula is C17H18N2O6. The normalized spacial score (nSPS) is 22.0. The molecule has 1 aromatic carbocycles. The Morgan fingerprint density at radius 3 is 2.52 bits per heavy atom. The minimum Gasteiger partial charge on any atom is -0.508 e. The Morgan fingerprint density at radius 2 is 1.92 bits per heavy atom. The van der Waals surface area contributed by atoms with Crippen molar-refractivity contribution in [3.8, 4) is 5.75 Å². The number of nitrogens with zero attached hydrogens (tertiary/aromatic N) is 1. The summed E-state index contributed by atoms with van der Waals surface area (Å²) in [5.74, 6) is -1.15. The summed E-state index contributed by atoms with van der Waals surface area (Å²) in [7, 11) is 1.23. The van der Waals surface area contributed by atoms with Gasteiger partial charge in [-0.2, -0.15) is 0 Å². The van der Waals surface area contributed by atoms with E-state index in [1.54, 1.807) is 4.90 Å². The molecule has 1 aliphatic carbocycles. The van der Waals surface area contributed by atoms with E-state index in [-0.39, 0.29) is 28.3 Å². The number of phenolic OH excluding ortho intramolecular Hbond substituents is 1. The van der Waals surface area contributed by atoms with E-state index in [1.807, 2.05) is 0 Å². The second-order valence-electron chi connectivity index (χ2n) is 6.87. The first-order chi connectivity index (χ1) is 11.9. The van der Waals surface area contributed by atoms with Crippen LogP contribution in [-0.4, -0.2) is 59.3 Å². The van der Waals surface area contributed by atoms with E-state index in [0.29, 0.717) is 13.1 Å². The summed E-state index contributed by atoms with van der Waals surface area (Å²) < 4.78 is 10.1. The lowest BCUT2D eigenvalue weighted by molar-refractivity contribution is -0.122. The lowest BCUT2D eigenvalue weighted by Gasteiger charge is -2.57. The number of alkyl carbamates (subject to hydrolysis) is 1. The predicted octanol–water partition coefficient (Wildman–Crippen LogP) is 1.04. The Kier molecular flexibility index (Phi) is 3.22. The maximum Gasteiger partial charge on any atom is 0.408 e. The number of nitrogens with one attached hydrogen (secondary N) is 1. The van der Waals surface area contributed by atoms with Crippen LogP contribution < -0.4 is 5.32 Å². The van der Waals surface area contributed by atoms with Crippen LogP contribution in [0.4, 0.5) is 4.79 Å². The fraction of sp³-hybridized carbons (Fsp3) is 0.471. The van der Waals surface area contributed by atoms with Crippen molar-refractivity contribution in [1.29, 1.82) is 0 Å². The molecule has 2 spiro atoms. The van der Waals surface area contributed by atoms with Gasteiger partial charge in [-0.1, -0.05) is 0 Å². The van der Waals surface area contributed by atoms with E-state index in [9.17, 15) is 19.5 Å². The third-order valence-electron chi connectivity index (χ3n) is 5.47. The lowest BCUT2D eigenvalue weighted by atomic mass is 9.62. The largest absolute Gasteiger partial charge is 0.508 e. The van der Waals surface area contributed by atoms with E-state index in [2.05, 4.69) is 10.1 Å². The summed E-state index contributed by atoms with van der Waals surface area (Å²) in [5, 5.41) is 12.7. The quantitative estimate of drug-likeness (QED) is 0.775. The predicted molar refractivity (Wildman–Crippen MR) is 84.3 cm³/mol. The number of benzene rings is 1. The summed E-state index contributed by atoms with van der Waals surface area (Å²) in [6, 6.07) is 3.93. The van der Waals surface area contributed by atoms with Gasteiger partial charge in [-0.3, -0.25) is 4.79 Å². The van der Waals surface area contributed by atoms with Crippen molar-refractivity contribution >= 4 is 18.0 Å². The van der Waals surface area contributed by atoms with E-state index in [4.69, 9.17) is 4.74 Å². The molecule has 4 rings (SSSR count). The highest BCUT2D eigenvalue weighted by molar-refractivity contribution is 5.99. The lowest BCUT2D eigenvalue weighted by Crippen LogP contribution is -2.76. The van der Waals surface area contributed by atoms with Crippen molar-refractivity contribution in [2.24, 2.45) is 0 Å². The number of hydrogen-bond donors (Lipinski definition) is 2. The smallest absolute Gasteiger partial charge is 0.408 e. The van der Waals surface area contributed by atoms with Gasteiger partial charge in [-0.15, -0.1) is 0 Å². The zero-order valence-electron chi connectivity index (χ0n) is 13.7. The van der Waals surface area contributed by atoms with Gasteiger partial charge in [-0.25, -0.2) is 9.59 Å². The van der Waals surface area contributed by atoms with Crippen LogP contribution in [0.3, 0.4) is 0 Å². The van der Waals surface area contributed by atoms with Crippen LogP contribution in [0.5, 0.6) is 5.75 Å². The molecule has 0 unspecified atom stereocenters. The number of hydrogen-bond acceptors (Lipinski definition) is 6. The monoisotopic (exact) mass is 346 g/mol. The molecule has 1 aromatic rings. The van der Waals surface area contributed by atoms with Gasteiger partial charge in [0, 0.05) is 5.56 Å². The minimum absolute atomic E-state index is 0.102. The molecule has 3 fully saturated rings. The molecule has 8 heteroatoms. The Hall–Kier alpha value is -2.77. The zero-order valence-corrected chi connectivity index (χ0v) is 13.7. The van der Waals surface area contributed by atoms with Gasteiger partial charge in [0.2, 0.25) is 0 Å². The van der Waals surface area contributed by atoms with Crippen LogP contribution in [0.2, 0.25) is 0 Å². The summed E-state index contributed by atoms with van der Waals surface area (Å²) in [6.07, 6.45) is 2.28. The zero-order chi connectivity index (χ0) is 17.8. The molecule has 2 saturated heterocycles. The number of likely N-dealkylation sites (tertiary alicyclic amines) is 1. The topological polar surface area (TPSA) is 105 Å². The van der Waals surface area contributed by atoms with Crippen molar-refractivity contribution in [2.45, 2.75) is 30.4 Å². The minimum atomic E-state index is -0.667. The number of fused-ring (bicyclic) bond motifs is 1. The summed E-state index contributed by atoms with van der Waals surface area (Å²) in [6.45, 7) is 0.599. The SMILES string of the molecule is COC(=O)c1cc(O)cc(C(=O)N2CC3(C2)OC(=O)NC32CCC2)c1. The van der Waals surface area contributed by atoms with Crippen LogP contribution >= 0.6 is 0 Å². The van der Waals surface area contributed by atoms with Crippen LogP contribution in [-0.2, 0) is 9.47 Å². The molecule has 0 bridgehead atoms. The summed E-state index contributed by atoms with van der Waals surface area (Å²) in [5.41, 5.74) is -0.739. The third-order valence-corrected chi connectivity index (χ3v) is 5.47. The molecule has 0 atom stereocenters. The molecule has 1 saturated carbocycles. The Labute approximate surface area is 143 Å². The Morgan fingerprint density at radius 1 is 1.24 bits per heavy atom. The fourth-order valence-corrected chi connectivity index (χ4v) is 3.95. The number of carbonyl (C=O) groups excluding carboxylic acids is 3. The van der Waals surface area contributed by atoms with Crippen LogP contribution in [0, 0.1) is 0 Å².